The van der Waals surface area contributed by atoms with E-state index in [-0.39, 0.29) is 5.41 Å². The molecule has 14 heavy (non-hydrogen) atoms. The summed E-state index contributed by atoms with van der Waals surface area (Å²) < 4.78 is 2.15. The molecule has 2 nitrogen and oxygen atoms in total. The van der Waals surface area contributed by atoms with Crippen LogP contribution in [0.15, 0.2) is 24.4 Å². The zero-order chi connectivity index (χ0) is 10.3. The SMILES string of the molecule is CC(C)(C)c1cc2cccnc2n1I. The maximum absolute atomic E-state index is 4.37. The van der Waals surface area contributed by atoms with Crippen molar-refractivity contribution >= 4 is 33.9 Å². The molecule has 2 heterocycles. The van der Waals surface area contributed by atoms with Crippen LogP contribution in [0.2, 0.25) is 0 Å². The first-order valence-corrected chi connectivity index (χ1v) is 5.60. The highest BCUT2D eigenvalue weighted by Crippen LogP contribution is 2.29. The average Bonchev–Trinajstić information content (AvgIpc) is 2.44. The van der Waals surface area contributed by atoms with Crippen LogP contribution in [-0.4, -0.2) is 7.76 Å². The van der Waals surface area contributed by atoms with Gasteiger partial charge >= 0.3 is 0 Å². The van der Waals surface area contributed by atoms with E-state index < -0.39 is 0 Å². The molecule has 0 amide bonds. The average molecular weight is 300 g/mol. The van der Waals surface area contributed by atoms with Gasteiger partial charge in [-0.2, -0.15) is 0 Å². The Morgan fingerprint density at radius 2 is 2.07 bits per heavy atom. The number of fused-ring (bicyclic) bond motifs is 1. The van der Waals surface area contributed by atoms with Gasteiger partial charge in [-0.05, 0) is 18.2 Å². The van der Waals surface area contributed by atoms with E-state index in [4.69, 9.17) is 0 Å². The lowest BCUT2D eigenvalue weighted by Gasteiger charge is -2.18. The first-order chi connectivity index (χ1) is 6.50. The molecule has 0 bridgehead atoms. The van der Waals surface area contributed by atoms with Crippen LogP contribution in [0.3, 0.4) is 0 Å². The van der Waals surface area contributed by atoms with Gasteiger partial charge in [0.2, 0.25) is 0 Å². The molecule has 0 atom stereocenters. The molecule has 0 aliphatic heterocycles. The van der Waals surface area contributed by atoms with Crippen LogP contribution in [0, 0.1) is 0 Å². The molecule has 0 spiro atoms. The predicted molar refractivity (Wildman–Crippen MR) is 67.9 cm³/mol. The molecule has 0 aromatic carbocycles. The fourth-order valence-corrected chi connectivity index (χ4v) is 2.78. The Morgan fingerprint density at radius 3 is 2.64 bits per heavy atom. The zero-order valence-corrected chi connectivity index (χ0v) is 10.7. The molecule has 0 N–H and O–H groups in total. The summed E-state index contributed by atoms with van der Waals surface area (Å²) in [5.74, 6) is 0. The van der Waals surface area contributed by atoms with E-state index in [0.29, 0.717) is 0 Å². The highest BCUT2D eigenvalue weighted by Gasteiger charge is 2.20. The van der Waals surface area contributed by atoms with Gasteiger partial charge < -0.3 is 0 Å². The van der Waals surface area contributed by atoms with Crippen molar-refractivity contribution in [2.75, 3.05) is 0 Å². The number of hydrogen-bond acceptors (Lipinski definition) is 1. The van der Waals surface area contributed by atoms with E-state index in [1.807, 2.05) is 12.3 Å². The van der Waals surface area contributed by atoms with Crippen LogP contribution in [0.4, 0.5) is 0 Å². The lowest BCUT2D eigenvalue weighted by molar-refractivity contribution is 0.571. The summed E-state index contributed by atoms with van der Waals surface area (Å²) in [6, 6.07) is 6.30. The number of pyridine rings is 1. The largest absolute Gasteiger partial charge is 0.270 e. The van der Waals surface area contributed by atoms with E-state index in [1.54, 1.807) is 0 Å². The Hall–Kier alpha value is -0.580. The number of rotatable bonds is 0. The number of aromatic nitrogens is 2. The van der Waals surface area contributed by atoms with Gasteiger partial charge in [-0.1, -0.05) is 20.8 Å². The first kappa shape index (κ1) is 9.96. The molecule has 74 valence electrons. The summed E-state index contributed by atoms with van der Waals surface area (Å²) >= 11 is 2.31. The second-order valence-electron chi connectivity index (χ2n) is 4.48. The van der Waals surface area contributed by atoms with Gasteiger partial charge in [0, 0.05) is 22.7 Å². The molecule has 0 unspecified atom stereocenters. The van der Waals surface area contributed by atoms with Crippen molar-refractivity contribution in [2.45, 2.75) is 26.2 Å². The normalized spacial score (nSPS) is 12.3. The smallest absolute Gasteiger partial charge is 0.148 e. The van der Waals surface area contributed by atoms with Crippen LogP contribution in [-0.2, 0) is 5.41 Å². The number of nitrogens with zero attached hydrogens (tertiary/aromatic N) is 2. The molecule has 2 aromatic heterocycles. The van der Waals surface area contributed by atoms with Crippen molar-refractivity contribution in [3.8, 4) is 0 Å². The Balaban J connectivity index is 2.75. The lowest BCUT2D eigenvalue weighted by atomic mass is 9.92. The van der Waals surface area contributed by atoms with E-state index in [1.165, 1.54) is 11.1 Å². The fourth-order valence-electron chi connectivity index (χ4n) is 1.52. The third-order valence-electron chi connectivity index (χ3n) is 2.27. The zero-order valence-electron chi connectivity index (χ0n) is 8.58. The topological polar surface area (TPSA) is 17.8 Å². The maximum atomic E-state index is 4.37. The maximum Gasteiger partial charge on any atom is 0.148 e. The first-order valence-electron chi connectivity index (χ1n) is 4.63. The van der Waals surface area contributed by atoms with Crippen LogP contribution >= 0.6 is 22.9 Å². The van der Waals surface area contributed by atoms with Crippen molar-refractivity contribution in [1.82, 2.24) is 7.76 Å². The Bertz CT molecular complexity index is 466. The minimum absolute atomic E-state index is 0.169. The highest BCUT2D eigenvalue weighted by atomic mass is 127. The van der Waals surface area contributed by atoms with Crippen molar-refractivity contribution in [1.29, 1.82) is 0 Å². The van der Waals surface area contributed by atoms with Gasteiger partial charge in [-0.15, -0.1) is 0 Å². The Kier molecular flexibility index (Phi) is 2.29. The molecular weight excluding hydrogens is 287 g/mol. The number of halogens is 1. The van der Waals surface area contributed by atoms with Crippen LogP contribution in [0.5, 0.6) is 0 Å². The summed E-state index contributed by atoms with van der Waals surface area (Å²) in [7, 11) is 0. The second-order valence-corrected chi connectivity index (χ2v) is 5.44. The monoisotopic (exact) mass is 300 g/mol. The summed E-state index contributed by atoms with van der Waals surface area (Å²) in [6.45, 7) is 6.66. The van der Waals surface area contributed by atoms with Crippen molar-refractivity contribution in [3.05, 3.63) is 30.1 Å². The van der Waals surface area contributed by atoms with Crippen molar-refractivity contribution in [2.24, 2.45) is 0 Å². The van der Waals surface area contributed by atoms with Crippen molar-refractivity contribution in [3.63, 3.8) is 0 Å². The predicted octanol–water partition coefficient (Wildman–Crippen LogP) is 3.53. The third kappa shape index (κ3) is 1.54. The minimum atomic E-state index is 0.169. The molecule has 0 aliphatic carbocycles. The summed E-state index contributed by atoms with van der Waals surface area (Å²) in [6.07, 6.45) is 1.84. The molecular formula is C11H13IN2. The van der Waals surface area contributed by atoms with Crippen LogP contribution in [0.25, 0.3) is 11.0 Å². The van der Waals surface area contributed by atoms with Gasteiger partial charge in [0.15, 0.2) is 0 Å². The molecule has 2 rings (SSSR count). The minimum Gasteiger partial charge on any atom is -0.270 e. The molecule has 2 aromatic rings. The second kappa shape index (κ2) is 3.22. The van der Waals surface area contributed by atoms with Gasteiger partial charge in [0.1, 0.15) is 5.65 Å². The van der Waals surface area contributed by atoms with E-state index in [2.05, 4.69) is 63.5 Å². The lowest BCUT2D eigenvalue weighted by Crippen LogP contribution is -2.13. The summed E-state index contributed by atoms with van der Waals surface area (Å²) in [5.41, 5.74) is 2.53. The van der Waals surface area contributed by atoms with Crippen molar-refractivity contribution < 1.29 is 0 Å². The van der Waals surface area contributed by atoms with Gasteiger partial charge in [0.05, 0.1) is 22.9 Å². The molecule has 0 saturated heterocycles. The van der Waals surface area contributed by atoms with Gasteiger partial charge in [0.25, 0.3) is 0 Å². The number of hydrogen-bond donors (Lipinski definition) is 0. The van der Waals surface area contributed by atoms with Gasteiger partial charge in [-0.3, -0.25) is 2.78 Å². The van der Waals surface area contributed by atoms with Gasteiger partial charge in [-0.25, -0.2) is 4.98 Å². The molecule has 3 heteroatoms. The fraction of sp³-hybridized carbons (Fsp3) is 0.364. The molecule has 0 saturated carbocycles. The Morgan fingerprint density at radius 1 is 1.36 bits per heavy atom. The molecule has 0 aliphatic rings. The Labute approximate surface area is 97.8 Å². The quantitative estimate of drug-likeness (QED) is 0.681. The summed E-state index contributed by atoms with van der Waals surface area (Å²) in [4.78, 5) is 4.37. The van der Waals surface area contributed by atoms with Crippen LogP contribution in [0.1, 0.15) is 26.5 Å². The van der Waals surface area contributed by atoms with E-state index in [9.17, 15) is 0 Å². The molecule has 0 fully saturated rings. The highest BCUT2D eigenvalue weighted by molar-refractivity contribution is 14.1. The summed E-state index contributed by atoms with van der Waals surface area (Å²) in [5, 5.41) is 1.21. The molecule has 0 radical (unpaired) electrons. The van der Waals surface area contributed by atoms with E-state index >= 15 is 0 Å². The van der Waals surface area contributed by atoms with Crippen LogP contribution < -0.4 is 0 Å². The third-order valence-corrected chi connectivity index (χ3v) is 3.25. The standard InChI is InChI=1S/C11H13IN2/c1-11(2,3)9-7-8-5-4-6-13-10(8)14(9)12/h4-7H,1-3H3. The van der Waals surface area contributed by atoms with E-state index in [0.717, 1.165) is 5.65 Å².